The Hall–Kier alpha value is -2.49. The maximum atomic E-state index is 12.1. The average Bonchev–Trinajstić information content (AvgIpc) is 2.53. The first-order valence-electron chi connectivity index (χ1n) is 6.85. The second-order valence-corrected chi connectivity index (χ2v) is 4.82. The minimum Gasteiger partial charge on any atom is -0.497 e. The zero-order valence-electron chi connectivity index (χ0n) is 12.4. The Kier molecular flexibility index (Phi) is 5.21. The van der Waals surface area contributed by atoms with Crippen LogP contribution < -0.4 is 10.1 Å². The van der Waals surface area contributed by atoms with Crippen molar-refractivity contribution < 1.29 is 9.53 Å². The van der Waals surface area contributed by atoms with Gasteiger partial charge in [0.05, 0.1) is 13.7 Å². The molecule has 0 aliphatic rings. The van der Waals surface area contributed by atoms with Gasteiger partial charge in [0, 0.05) is 25.3 Å². The van der Waals surface area contributed by atoms with Crippen molar-refractivity contribution in [2.45, 2.75) is 6.54 Å². The number of ether oxygens (including phenoxy) is 1. The number of amides is 1. The highest BCUT2D eigenvalue weighted by Gasteiger charge is 2.09. The molecule has 0 aliphatic heterocycles. The number of hydrogen-bond donors (Lipinski definition) is 1. The van der Waals surface area contributed by atoms with Crippen molar-refractivity contribution in [1.82, 2.24) is 4.90 Å². The molecule has 4 nitrogen and oxygen atoms in total. The van der Waals surface area contributed by atoms with Crippen molar-refractivity contribution in [2.24, 2.45) is 0 Å². The lowest BCUT2D eigenvalue weighted by molar-refractivity contribution is -0.128. The highest BCUT2D eigenvalue weighted by atomic mass is 16.5. The van der Waals surface area contributed by atoms with Gasteiger partial charge in [-0.1, -0.05) is 36.4 Å². The monoisotopic (exact) mass is 284 g/mol. The zero-order valence-corrected chi connectivity index (χ0v) is 12.4. The molecule has 0 atom stereocenters. The van der Waals surface area contributed by atoms with Crippen LogP contribution in [0.2, 0.25) is 0 Å². The predicted molar refractivity (Wildman–Crippen MR) is 84.4 cm³/mol. The fraction of sp³-hybridized carbons (Fsp3) is 0.235. The molecule has 2 rings (SSSR count). The van der Waals surface area contributed by atoms with Gasteiger partial charge >= 0.3 is 0 Å². The Labute approximate surface area is 125 Å². The molecule has 110 valence electrons. The molecule has 0 heterocycles. The van der Waals surface area contributed by atoms with Crippen molar-refractivity contribution in [3.05, 3.63) is 60.2 Å². The van der Waals surface area contributed by atoms with E-state index in [2.05, 4.69) is 5.32 Å². The van der Waals surface area contributed by atoms with Crippen molar-refractivity contribution >= 4 is 11.6 Å². The first-order valence-corrected chi connectivity index (χ1v) is 6.85. The van der Waals surface area contributed by atoms with Crippen LogP contribution in [0.25, 0.3) is 0 Å². The van der Waals surface area contributed by atoms with Crippen molar-refractivity contribution in [3.8, 4) is 5.75 Å². The summed E-state index contributed by atoms with van der Waals surface area (Å²) in [6, 6.07) is 17.5. The van der Waals surface area contributed by atoms with Crippen LogP contribution in [-0.2, 0) is 11.3 Å². The molecule has 2 aromatic rings. The minimum absolute atomic E-state index is 0.0432. The van der Waals surface area contributed by atoms with Crippen LogP contribution in [0, 0.1) is 0 Å². The number of hydrogen-bond acceptors (Lipinski definition) is 3. The Morgan fingerprint density at radius 3 is 2.62 bits per heavy atom. The average molecular weight is 284 g/mol. The van der Waals surface area contributed by atoms with E-state index in [4.69, 9.17) is 4.74 Å². The molecule has 0 aliphatic carbocycles. The van der Waals surface area contributed by atoms with Crippen molar-refractivity contribution in [1.29, 1.82) is 0 Å². The summed E-state index contributed by atoms with van der Waals surface area (Å²) in [6.07, 6.45) is 0. The van der Waals surface area contributed by atoms with Gasteiger partial charge in [-0.3, -0.25) is 4.79 Å². The quantitative estimate of drug-likeness (QED) is 0.887. The van der Waals surface area contributed by atoms with Crippen molar-refractivity contribution in [3.63, 3.8) is 0 Å². The van der Waals surface area contributed by atoms with Gasteiger partial charge in [0.15, 0.2) is 0 Å². The molecule has 0 radical (unpaired) electrons. The highest BCUT2D eigenvalue weighted by molar-refractivity contribution is 5.80. The lowest BCUT2D eigenvalue weighted by Crippen LogP contribution is -2.31. The summed E-state index contributed by atoms with van der Waals surface area (Å²) in [5.41, 5.74) is 1.99. The number of rotatable bonds is 6. The summed E-state index contributed by atoms with van der Waals surface area (Å²) in [5, 5.41) is 3.11. The molecular weight excluding hydrogens is 264 g/mol. The van der Waals surface area contributed by atoms with Crippen LogP contribution in [0.1, 0.15) is 5.56 Å². The maximum Gasteiger partial charge on any atom is 0.241 e. The van der Waals surface area contributed by atoms with Gasteiger partial charge in [-0.05, 0) is 17.7 Å². The van der Waals surface area contributed by atoms with E-state index >= 15 is 0 Å². The predicted octanol–water partition coefficient (Wildman–Crippen LogP) is 2.77. The number of benzene rings is 2. The number of carbonyl (C=O) groups excluding carboxylic acids is 1. The Bertz CT molecular complexity index is 584. The summed E-state index contributed by atoms with van der Waals surface area (Å²) in [6.45, 7) is 0.871. The third kappa shape index (κ3) is 4.53. The fourth-order valence-electron chi connectivity index (χ4n) is 1.99. The number of nitrogens with one attached hydrogen (secondary N) is 1. The van der Waals surface area contributed by atoms with Crippen LogP contribution in [0.3, 0.4) is 0 Å². The normalized spacial score (nSPS) is 10.0. The fourth-order valence-corrected chi connectivity index (χ4v) is 1.99. The number of carbonyl (C=O) groups is 1. The third-order valence-electron chi connectivity index (χ3n) is 3.20. The molecule has 0 spiro atoms. The molecule has 0 saturated heterocycles. The smallest absolute Gasteiger partial charge is 0.241 e. The summed E-state index contributed by atoms with van der Waals surface area (Å²) >= 11 is 0. The third-order valence-corrected chi connectivity index (χ3v) is 3.20. The first kappa shape index (κ1) is 14.9. The second-order valence-electron chi connectivity index (χ2n) is 4.82. The van der Waals surface area contributed by atoms with E-state index in [-0.39, 0.29) is 12.5 Å². The molecule has 21 heavy (non-hydrogen) atoms. The van der Waals surface area contributed by atoms with Gasteiger partial charge in [-0.2, -0.15) is 0 Å². The van der Waals surface area contributed by atoms with Gasteiger partial charge < -0.3 is 15.0 Å². The Balaban J connectivity index is 1.86. The Morgan fingerprint density at radius 1 is 1.14 bits per heavy atom. The van der Waals surface area contributed by atoms with Crippen LogP contribution in [0.5, 0.6) is 5.75 Å². The number of anilines is 1. The van der Waals surface area contributed by atoms with E-state index < -0.39 is 0 Å². The van der Waals surface area contributed by atoms with E-state index in [1.807, 2.05) is 61.6 Å². The van der Waals surface area contributed by atoms with Crippen LogP contribution in [0.4, 0.5) is 5.69 Å². The molecule has 4 heteroatoms. The largest absolute Gasteiger partial charge is 0.497 e. The van der Waals surface area contributed by atoms with Crippen LogP contribution in [-0.4, -0.2) is 31.5 Å². The van der Waals surface area contributed by atoms with Gasteiger partial charge in [-0.15, -0.1) is 0 Å². The molecule has 1 amide bonds. The molecule has 0 fully saturated rings. The standard InChI is InChI=1S/C17H20N2O2/c1-19(13-14-7-4-3-5-8-14)17(20)12-18-15-9-6-10-16(11-15)21-2/h3-11,18H,12-13H2,1-2H3. The van der Waals surface area contributed by atoms with E-state index in [0.29, 0.717) is 6.54 Å². The van der Waals surface area contributed by atoms with Crippen molar-refractivity contribution in [2.75, 3.05) is 26.0 Å². The lowest BCUT2D eigenvalue weighted by Gasteiger charge is -2.18. The summed E-state index contributed by atoms with van der Waals surface area (Å²) < 4.78 is 5.15. The minimum atomic E-state index is 0.0432. The van der Waals surface area contributed by atoms with E-state index in [1.165, 1.54) is 0 Å². The van der Waals surface area contributed by atoms with Gasteiger partial charge in [0.1, 0.15) is 5.75 Å². The van der Waals surface area contributed by atoms with Gasteiger partial charge in [-0.25, -0.2) is 0 Å². The van der Waals surface area contributed by atoms with Gasteiger partial charge in [0.25, 0.3) is 0 Å². The molecule has 0 saturated carbocycles. The maximum absolute atomic E-state index is 12.1. The Morgan fingerprint density at radius 2 is 1.90 bits per heavy atom. The van der Waals surface area contributed by atoms with Crippen LogP contribution in [0.15, 0.2) is 54.6 Å². The number of nitrogens with zero attached hydrogens (tertiary/aromatic N) is 1. The number of methoxy groups -OCH3 is 1. The molecule has 2 aromatic carbocycles. The molecule has 0 bridgehead atoms. The lowest BCUT2D eigenvalue weighted by atomic mass is 10.2. The molecule has 0 aromatic heterocycles. The molecule has 1 N–H and O–H groups in total. The summed E-state index contributed by atoms with van der Waals surface area (Å²) in [5.74, 6) is 0.812. The number of likely N-dealkylation sites (N-methyl/N-ethyl adjacent to an activating group) is 1. The van der Waals surface area contributed by atoms with E-state index in [1.54, 1.807) is 12.0 Å². The second kappa shape index (κ2) is 7.33. The topological polar surface area (TPSA) is 41.6 Å². The van der Waals surface area contributed by atoms with Gasteiger partial charge in [0.2, 0.25) is 5.91 Å². The summed E-state index contributed by atoms with van der Waals surface area (Å²) in [4.78, 5) is 13.8. The molecular formula is C17H20N2O2. The molecule has 0 unspecified atom stereocenters. The zero-order chi connectivity index (χ0) is 15.1. The summed E-state index contributed by atoms with van der Waals surface area (Å²) in [7, 11) is 3.43. The van der Waals surface area contributed by atoms with E-state index in [0.717, 1.165) is 17.0 Å². The first-order chi connectivity index (χ1) is 10.2. The SMILES string of the molecule is COc1cccc(NCC(=O)N(C)Cc2ccccc2)c1. The van der Waals surface area contributed by atoms with E-state index in [9.17, 15) is 4.79 Å². The van der Waals surface area contributed by atoms with Crippen LogP contribution >= 0.6 is 0 Å². The highest BCUT2D eigenvalue weighted by Crippen LogP contribution is 2.16.